The van der Waals surface area contributed by atoms with Gasteiger partial charge in [-0.15, -0.1) is 0 Å². The molecular formula is C14H14N2O4S. The maximum Gasteiger partial charge on any atom is 0.265 e. The molecule has 110 valence electrons. The summed E-state index contributed by atoms with van der Waals surface area (Å²) in [4.78, 5) is 10.6. The molecule has 0 saturated carbocycles. The van der Waals surface area contributed by atoms with Crippen molar-refractivity contribution in [3.05, 3.63) is 54.6 Å². The Kier molecular flexibility index (Phi) is 4.37. The van der Waals surface area contributed by atoms with Crippen LogP contribution in [0.4, 0.5) is 0 Å². The molecule has 0 heterocycles. The van der Waals surface area contributed by atoms with Gasteiger partial charge in [-0.2, -0.15) is 0 Å². The summed E-state index contributed by atoms with van der Waals surface area (Å²) in [6.07, 6.45) is 0. The molecule has 2 aromatic carbocycles. The minimum absolute atomic E-state index is 0.0626. The highest BCUT2D eigenvalue weighted by molar-refractivity contribution is 7.89. The molecule has 6 nitrogen and oxygen atoms in total. The van der Waals surface area contributed by atoms with E-state index in [9.17, 15) is 18.4 Å². The van der Waals surface area contributed by atoms with Crippen molar-refractivity contribution < 1.29 is 18.4 Å². The van der Waals surface area contributed by atoms with Crippen molar-refractivity contribution in [1.82, 2.24) is 4.47 Å². The van der Waals surface area contributed by atoms with Crippen molar-refractivity contribution in [3.63, 3.8) is 0 Å². The topological polar surface area (TPSA) is 101 Å². The number of benzene rings is 2. The number of nitrogens with zero attached hydrogens (tertiary/aromatic N) is 1. The van der Waals surface area contributed by atoms with Gasteiger partial charge in [-0.3, -0.25) is 10.0 Å². The Labute approximate surface area is 122 Å². The highest BCUT2D eigenvalue weighted by Gasteiger charge is 2.24. The third kappa shape index (κ3) is 3.46. The Morgan fingerprint density at radius 3 is 2.05 bits per heavy atom. The van der Waals surface area contributed by atoms with Gasteiger partial charge in [0.1, 0.15) is 6.54 Å². The lowest BCUT2D eigenvalue weighted by Gasteiger charge is -2.13. The minimum atomic E-state index is -4.14. The standard InChI is InChI=1S/C14H14N2O4S/c15-14(17)10-16(18)21(19,20)13-8-6-12(7-9-13)11-4-2-1-3-5-11/h1-9,18H,10H2,(H2,15,17). The molecule has 0 fully saturated rings. The fraction of sp³-hybridized carbons (Fsp3) is 0.0714. The molecular weight excluding hydrogens is 292 g/mol. The molecule has 1 amide bonds. The van der Waals surface area contributed by atoms with Crippen LogP contribution in [0.15, 0.2) is 59.5 Å². The molecule has 2 rings (SSSR count). The summed E-state index contributed by atoms with van der Waals surface area (Å²) in [5.41, 5.74) is 6.65. The highest BCUT2D eigenvalue weighted by Crippen LogP contribution is 2.22. The fourth-order valence-corrected chi connectivity index (χ4v) is 2.81. The number of rotatable bonds is 5. The van der Waals surface area contributed by atoms with E-state index in [1.54, 1.807) is 12.1 Å². The number of hydroxylamine groups is 1. The first-order valence-corrected chi connectivity index (χ1v) is 7.50. The van der Waals surface area contributed by atoms with E-state index in [-0.39, 0.29) is 9.36 Å². The van der Waals surface area contributed by atoms with Crippen LogP contribution in [0.2, 0.25) is 0 Å². The zero-order valence-corrected chi connectivity index (χ0v) is 11.8. The van der Waals surface area contributed by atoms with Crippen LogP contribution in [0.25, 0.3) is 11.1 Å². The number of hydrogen-bond donors (Lipinski definition) is 2. The Bertz CT molecular complexity index is 727. The predicted molar refractivity (Wildman–Crippen MR) is 76.8 cm³/mol. The summed E-state index contributed by atoms with van der Waals surface area (Å²) in [5, 5.41) is 9.43. The zero-order valence-electron chi connectivity index (χ0n) is 11.0. The molecule has 21 heavy (non-hydrogen) atoms. The number of sulfonamides is 1. The molecule has 7 heteroatoms. The normalized spacial score (nSPS) is 11.5. The van der Waals surface area contributed by atoms with Crippen molar-refractivity contribution in [2.24, 2.45) is 5.73 Å². The van der Waals surface area contributed by atoms with Crippen LogP contribution in [0.1, 0.15) is 0 Å². The molecule has 0 spiro atoms. The van der Waals surface area contributed by atoms with Crippen molar-refractivity contribution in [2.75, 3.05) is 6.54 Å². The second-order valence-electron chi connectivity index (χ2n) is 4.34. The van der Waals surface area contributed by atoms with E-state index >= 15 is 0 Å². The second-order valence-corrected chi connectivity index (χ2v) is 6.19. The number of carbonyl (C=O) groups excluding carboxylic acids is 1. The van der Waals surface area contributed by atoms with Gasteiger partial charge in [0.25, 0.3) is 10.0 Å². The summed E-state index contributed by atoms with van der Waals surface area (Å²) in [6.45, 7) is -0.789. The zero-order chi connectivity index (χ0) is 15.5. The van der Waals surface area contributed by atoms with E-state index in [1.165, 1.54) is 12.1 Å². The van der Waals surface area contributed by atoms with Crippen molar-refractivity contribution in [2.45, 2.75) is 4.90 Å². The van der Waals surface area contributed by atoms with Gasteiger partial charge < -0.3 is 5.73 Å². The summed E-state index contributed by atoms with van der Waals surface area (Å²) in [6, 6.07) is 15.4. The summed E-state index contributed by atoms with van der Waals surface area (Å²) in [7, 11) is -4.14. The van der Waals surface area contributed by atoms with Gasteiger partial charge in [-0.05, 0) is 23.3 Å². The molecule has 0 bridgehead atoms. The van der Waals surface area contributed by atoms with Crippen LogP contribution in [-0.4, -0.2) is 30.5 Å². The van der Waals surface area contributed by atoms with Crippen LogP contribution < -0.4 is 5.73 Å². The molecule has 0 unspecified atom stereocenters. The summed E-state index contributed by atoms with van der Waals surface area (Å²) >= 11 is 0. The first-order valence-electron chi connectivity index (χ1n) is 6.06. The van der Waals surface area contributed by atoms with Crippen LogP contribution in [-0.2, 0) is 14.8 Å². The molecule has 0 radical (unpaired) electrons. The molecule has 0 atom stereocenters. The van der Waals surface area contributed by atoms with Gasteiger partial charge in [-0.1, -0.05) is 46.9 Å². The molecule has 0 saturated heterocycles. The van der Waals surface area contributed by atoms with Crippen molar-refractivity contribution in [1.29, 1.82) is 0 Å². The number of carbonyl (C=O) groups is 1. The highest BCUT2D eigenvalue weighted by atomic mass is 32.2. The van der Waals surface area contributed by atoms with Crippen LogP contribution in [0.3, 0.4) is 0 Å². The third-order valence-corrected chi connectivity index (χ3v) is 4.38. The van der Waals surface area contributed by atoms with Gasteiger partial charge in [-0.25, -0.2) is 8.42 Å². The predicted octanol–water partition coefficient (Wildman–Crippen LogP) is 1.22. The molecule has 0 aromatic heterocycles. The summed E-state index contributed by atoms with van der Waals surface area (Å²) < 4.78 is 23.9. The molecule has 0 aliphatic rings. The first-order chi connectivity index (χ1) is 9.91. The largest absolute Gasteiger partial charge is 0.368 e. The molecule has 0 aliphatic carbocycles. The molecule has 2 aromatic rings. The minimum Gasteiger partial charge on any atom is -0.368 e. The first kappa shape index (κ1) is 15.2. The summed E-state index contributed by atoms with van der Waals surface area (Å²) in [5.74, 6) is -0.943. The number of amides is 1. The maximum absolute atomic E-state index is 12.0. The number of primary amides is 1. The Balaban J connectivity index is 2.28. The van der Waals surface area contributed by atoms with E-state index in [4.69, 9.17) is 5.73 Å². The average molecular weight is 306 g/mol. The lowest BCUT2D eigenvalue weighted by molar-refractivity contribution is -0.123. The lowest BCUT2D eigenvalue weighted by Crippen LogP contribution is -2.35. The smallest absolute Gasteiger partial charge is 0.265 e. The SMILES string of the molecule is NC(=O)CN(O)S(=O)(=O)c1ccc(-c2ccccc2)cc1. The quantitative estimate of drug-likeness (QED) is 0.811. The average Bonchev–Trinajstić information content (AvgIpc) is 2.47. The van der Waals surface area contributed by atoms with E-state index in [1.807, 2.05) is 30.3 Å². The van der Waals surface area contributed by atoms with E-state index in [0.29, 0.717) is 0 Å². The van der Waals surface area contributed by atoms with Gasteiger partial charge >= 0.3 is 0 Å². The van der Waals surface area contributed by atoms with Gasteiger partial charge in [0, 0.05) is 0 Å². The van der Waals surface area contributed by atoms with Crippen molar-refractivity contribution >= 4 is 15.9 Å². The molecule has 0 aliphatic heterocycles. The van der Waals surface area contributed by atoms with Crippen LogP contribution >= 0.6 is 0 Å². The fourth-order valence-electron chi connectivity index (χ4n) is 1.79. The van der Waals surface area contributed by atoms with Gasteiger partial charge in [0.2, 0.25) is 5.91 Å². The van der Waals surface area contributed by atoms with Gasteiger partial charge in [0.05, 0.1) is 4.90 Å². The number of nitrogens with two attached hydrogens (primary N) is 1. The molecule has 3 N–H and O–H groups in total. The Morgan fingerprint density at radius 2 is 1.52 bits per heavy atom. The van der Waals surface area contributed by atoms with Crippen LogP contribution in [0, 0.1) is 0 Å². The van der Waals surface area contributed by atoms with Crippen molar-refractivity contribution in [3.8, 4) is 11.1 Å². The van der Waals surface area contributed by atoms with Crippen LogP contribution in [0.5, 0.6) is 0 Å². The van der Waals surface area contributed by atoms with E-state index in [2.05, 4.69) is 0 Å². The number of hydrogen-bond acceptors (Lipinski definition) is 4. The van der Waals surface area contributed by atoms with E-state index < -0.39 is 22.5 Å². The Morgan fingerprint density at radius 1 is 1.00 bits per heavy atom. The monoisotopic (exact) mass is 306 g/mol. The second kappa shape index (κ2) is 6.04. The maximum atomic E-state index is 12.0. The Hall–Kier alpha value is -2.22. The lowest BCUT2D eigenvalue weighted by atomic mass is 10.1. The third-order valence-electron chi connectivity index (χ3n) is 2.83. The van der Waals surface area contributed by atoms with E-state index in [0.717, 1.165) is 11.1 Å². The van der Waals surface area contributed by atoms with Gasteiger partial charge in [0.15, 0.2) is 0 Å².